The van der Waals surface area contributed by atoms with Crippen molar-refractivity contribution in [3.05, 3.63) is 11.9 Å². The molecular formula is C14H27N5O. The van der Waals surface area contributed by atoms with Crippen LogP contribution in [0.1, 0.15) is 46.2 Å². The lowest BCUT2D eigenvalue weighted by Gasteiger charge is -2.18. The molecule has 0 atom stereocenters. The quantitative estimate of drug-likeness (QED) is 0.743. The van der Waals surface area contributed by atoms with Gasteiger partial charge in [0.15, 0.2) is 0 Å². The summed E-state index contributed by atoms with van der Waals surface area (Å²) in [5.74, 6) is 0.219. The number of hydrogen-bond acceptors (Lipinski definition) is 4. The molecule has 0 spiro atoms. The molecule has 1 rings (SSSR count). The number of aryl methyl sites for hydroxylation is 1. The van der Waals surface area contributed by atoms with Crippen LogP contribution in [-0.4, -0.2) is 44.9 Å². The molecule has 0 aliphatic rings. The minimum atomic E-state index is 0.219. The first-order chi connectivity index (χ1) is 9.56. The van der Waals surface area contributed by atoms with Gasteiger partial charge in [0.2, 0.25) is 5.91 Å². The van der Waals surface area contributed by atoms with Crippen molar-refractivity contribution in [2.75, 3.05) is 13.1 Å². The fourth-order valence-electron chi connectivity index (χ4n) is 1.96. The van der Waals surface area contributed by atoms with E-state index in [0.29, 0.717) is 12.5 Å². The highest BCUT2D eigenvalue weighted by molar-refractivity contribution is 5.75. The van der Waals surface area contributed by atoms with E-state index in [0.717, 1.165) is 38.3 Å². The van der Waals surface area contributed by atoms with E-state index in [1.807, 2.05) is 29.6 Å². The monoisotopic (exact) mass is 281 g/mol. The molecule has 0 aliphatic heterocycles. The Kier molecular flexibility index (Phi) is 7.22. The molecule has 1 heterocycles. The van der Waals surface area contributed by atoms with E-state index in [2.05, 4.69) is 29.5 Å². The van der Waals surface area contributed by atoms with Crippen LogP contribution < -0.4 is 5.32 Å². The summed E-state index contributed by atoms with van der Waals surface area (Å²) in [6.07, 6.45) is 3.31. The van der Waals surface area contributed by atoms with Crippen molar-refractivity contribution in [2.24, 2.45) is 0 Å². The predicted molar refractivity (Wildman–Crippen MR) is 79.2 cm³/mol. The smallest absolute Gasteiger partial charge is 0.222 e. The fourth-order valence-corrected chi connectivity index (χ4v) is 1.96. The van der Waals surface area contributed by atoms with Crippen molar-refractivity contribution in [2.45, 2.75) is 59.7 Å². The minimum absolute atomic E-state index is 0.219. The van der Waals surface area contributed by atoms with Gasteiger partial charge < -0.3 is 10.2 Å². The van der Waals surface area contributed by atoms with Gasteiger partial charge in [-0.1, -0.05) is 19.1 Å². The largest absolute Gasteiger partial charge is 0.343 e. The fraction of sp³-hybridized carbons (Fsp3) is 0.786. The maximum Gasteiger partial charge on any atom is 0.222 e. The minimum Gasteiger partial charge on any atom is -0.343 e. The Bertz CT molecular complexity index is 398. The summed E-state index contributed by atoms with van der Waals surface area (Å²) in [6, 6.07) is 0.437. The number of aromatic nitrogens is 3. The van der Waals surface area contributed by atoms with Crippen LogP contribution in [0.2, 0.25) is 0 Å². The Hall–Kier alpha value is -1.43. The van der Waals surface area contributed by atoms with Crippen LogP contribution in [0, 0.1) is 0 Å². The normalized spacial score (nSPS) is 11.1. The van der Waals surface area contributed by atoms with Gasteiger partial charge in [0.25, 0.3) is 0 Å². The summed E-state index contributed by atoms with van der Waals surface area (Å²) in [7, 11) is 0. The third-order valence-electron chi connectivity index (χ3n) is 3.17. The molecule has 1 aromatic rings. The zero-order valence-corrected chi connectivity index (χ0v) is 13.1. The summed E-state index contributed by atoms with van der Waals surface area (Å²) in [4.78, 5) is 13.7. The van der Waals surface area contributed by atoms with E-state index in [-0.39, 0.29) is 5.91 Å². The molecule has 0 saturated heterocycles. The van der Waals surface area contributed by atoms with Crippen molar-refractivity contribution in [1.82, 2.24) is 25.2 Å². The zero-order chi connectivity index (χ0) is 15.0. The van der Waals surface area contributed by atoms with Gasteiger partial charge in [0.1, 0.15) is 0 Å². The van der Waals surface area contributed by atoms with E-state index in [9.17, 15) is 4.79 Å². The molecule has 0 saturated carbocycles. The average molecular weight is 281 g/mol. The molecule has 1 amide bonds. The van der Waals surface area contributed by atoms with Crippen LogP contribution in [0.4, 0.5) is 0 Å². The summed E-state index contributed by atoms with van der Waals surface area (Å²) in [6.45, 7) is 11.2. The number of rotatable bonds is 9. The predicted octanol–water partition coefficient (Wildman–Crippen LogP) is 1.42. The zero-order valence-electron chi connectivity index (χ0n) is 13.1. The molecule has 0 aromatic carbocycles. The van der Waals surface area contributed by atoms with Crippen molar-refractivity contribution in [3.63, 3.8) is 0 Å². The number of hydrogen-bond donors (Lipinski definition) is 1. The number of nitrogens with one attached hydrogen (secondary N) is 1. The molecule has 0 radical (unpaired) electrons. The first-order valence-electron chi connectivity index (χ1n) is 7.47. The summed E-state index contributed by atoms with van der Waals surface area (Å²) in [5, 5.41) is 11.5. The van der Waals surface area contributed by atoms with Gasteiger partial charge in [-0.15, -0.1) is 5.10 Å². The molecule has 1 aromatic heterocycles. The molecule has 6 heteroatoms. The highest BCUT2D eigenvalue weighted by atomic mass is 16.2. The maximum absolute atomic E-state index is 11.8. The van der Waals surface area contributed by atoms with E-state index in [1.54, 1.807) is 0 Å². The molecule has 0 bridgehead atoms. The second kappa shape index (κ2) is 8.68. The molecular weight excluding hydrogens is 254 g/mol. The average Bonchev–Trinajstić information content (AvgIpc) is 2.86. The second-order valence-corrected chi connectivity index (χ2v) is 5.18. The van der Waals surface area contributed by atoms with Gasteiger partial charge in [-0.3, -0.25) is 9.48 Å². The van der Waals surface area contributed by atoms with Crippen LogP contribution in [0.5, 0.6) is 0 Å². The molecule has 6 nitrogen and oxygen atoms in total. The first-order valence-corrected chi connectivity index (χ1v) is 7.47. The highest BCUT2D eigenvalue weighted by Crippen LogP contribution is 2.01. The van der Waals surface area contributed by atoms with Gasteiger partial charge >= 0.3 is 0 Å². The standard InChI is InChI=1S/C14H27N5O/c1-5-18(6-2)14(20)8-7-9-19-11-13(16-17-19)10-15-12(3)4/h11-12,15H,5-10H2,1-4H3. The van der Waals surface area contributed by atoms with E-state index in [1.165, 1.54) is 0 Å². The Morgan fingerprint density at radius 3 is 2.70 bits per heavy atom. The molecule has 0 unspecified atom stereocenters. The number of nitrogens with zero attached hydrogens (tertiary/aromatic N) is 4. The summed E-state index contributed by atoms with van der Waals surface area (Å²) < 4.78 is 1.81. The number of amides is 1. The Labute approximate surface area is 121 Å². The molecule has 20 heavy (non-hydrogen) atoms. The third kappa shape index (κ3) is 5.69. The van der Waals surface area contributed by atoms with Crippen LogP contribution in [0.3, 0.4) is 0 Å². The van der Waals surface area contributed by atoms with E-state index in [4.69, 9.17) is 0 Å². The second-order valence-electron chi connectivity index (χ2n) is 5.18. The van der Waals surface area contributed by atoms with E-state index < -0.39 is 0 Å². The van der Waals surface area contributed by atoms with Crippen molar-refractivity contribution in [3.8, 4) is 0 Å². The van der Waals surface area contributed by atoms with Crippen LogP contribution >= 0.6 is 0 Å². The first kappa shape index (κ1) is 16.6. The summed E-state index contributed by atoms with van der Waals surface area (Å²) >= 11 is 0. The molecule has 1 N–H and O–H groups in total. The molecule has 114 valence electrons. The molecule has 0 aliphatic carbocycles. The van der Waals surface area contributed by atoms with Gasteiger partial charge in [-0.25, -0.2) is 0 Å². The van der Waals surface area contributed by atoms with Crippen LogP contribution in [0.25, 0.3) is 0 Å². The SMILES string of the molecule is CCN(CC)C(=O)CCCn1cc(CNC(C)C)nn1. The van der Waals surface area contributed by atoms with Crippen LogP contribution in [-0.2, 0) is 17.9 Å². The van der Waals surface area contributed by atoms with Gasteiger partial charge in [0.05, 0.1) is 5.69 Å². The van der Waals surface area contributed by atoms with Crippen molar-refractivity contribution >= 4 is 5.91 Å². The lowest BCUT2D eigenvalue weighted by molar-refractivity contribution is -0.130. The van der Waals surface area contributed by atoms with Gasteiger partial charge in [-0.05, 0) is 20.3 Å². The van der Waals surface area contributed by atoms with Crippen LogP contribution in [0.15, 0.2) is 6.20 Å². The van der Waals surface area contributed by atoms with E-state index >= 15 is 0 Å². The Morgan fingerprint density at radius 2 is 2.10 bits per heavy atom. The number of carbonyl (C=O) groups is 1. The summed E-state index contributed by atoms with van der Waals surface area (Å²) in [5.41, 5.74) is 0.939. The van der Waals surface area contributed by atoms with Gasteiger partial charge in [-0.2, -0.15) is 0 Å². The highest BCUT2D eigenvalue weighted by Gasteiger charge is 2.09. The third-order valence-corrected chi connectivity index (χ3v) is 3.17. The van der Waals surface area contributed by atoms with Crippen molar-refractivity contribution < 1.29 is 4.79 Å². The lowest BCUT2D eigenvalue weighted by atomic mass is 10.2. The molecule has 0 fully saturated rings. The topological polar surface area (TPSA) is 63.1 Å². The Morgan fingerprint density at radius 1 is 1.40 bits per heavy atom. The Balaban J connectivity index is 2.30. The number of carbonyl (C=O) groups excluding carboxylic acids is 1. The van der Waals surface area contributed by atoms with Gasteiger partial charge in [0, 0.05) is 44.8 Å². The van der Waals surface area contributed by atoms with Crippen molar-refractivity contribution in [1.29, 1.82) is 0 Å². The maximum atomic E-state index is 11.8. The lowest BCUT2D eigenvalue weighted by Crippen LogP contribution is -2.30.